The van der Waals surface area contributed by atoms with E-state index in [-0.39, 0.29) is 17.1 Å². The maximum atomic E-state index is 13.2. The molecule has 1 aromatic carbocycles. The molecule has 37 heavy (non-hydrogen) atoms. The summed E-state index contributed by atoms with van der Waals surface area (Å²) in [4.78, 5) is 24.1. The Kier molecular flexibility index (Phi) is 7.54. The van der Waals surface area contributed by atoms with Crippen LogP contribution in [0.25, 0.3) is 23.1 Å². The highest BCUT2D eigenvalue weighted by Gasteiger charge is 2.27. The number of rotatable bonds is 5. The summed E-state index contributed by atoms with van der Waals surface area (Å²) in [5.74, 6) is -1.07. The van der Waals surface area contributed by atoms with E-state index in [9.17, 15) is 20.1 Å². The van der Waals surface area contributed by atoms with Crippen LogP contribution in [0, 0.1) is 28.1 Å². The summed E-state index contributed by atoms with van der Waals surface area (Å²) in [6.07, 6.45) is 8.83. The van der Waals surface area contributed by atoms with Crippen molar-refractivity contribution < 1.29 is 19.1 Å². The van der Waals surface area contributed by atoms with Gasteiger partial charge in [0.15, 0.2) is 0 Å². The molecule has 0 radical (unpaired) electrons. The fraction of sp³-hybridized carbons (Fsp3) is 0.310. The molecule has 1 aromatic heterocycles. The molecule has 0 spiro atoms. The van der Waals surface area contributed by atoms with Gasteiger partial charge in [0.1, 0.15) is 23.3 Å². The average molecular weight is 498 g/mol. The second kappa shape index (κ2) is 10.8. The minimum atomic E-state index is -1.07. The molecule has 2 N–H and O–H groups in total. The van der Waals surface area contributed by atoms with Crippen molar-refractivity contribution in [3.05, 3.63) is 80.3 Å². The zero-order chi connectivity index (χ0) is 26.6. The Hall–Kier alpha value is -4.24. The molecule has 0 saturated carbocycles. The van der Waals surface area contributed by atoms with Crippen LogP contribution in [0.1, 0.15) is 49.5 Å². The lowest BCUT2D eigenvalue weighted by atomic mass is 9.74. The number of benzene rings is 1. The SMILES string of the molecule is CC1(C)CC(C=Cc2c(C3CNCCO3)c3ccc(C=CC(=O)O)cc3oc2=O)=CC(=C(C#N)C#N)C1. The molecule has 188 valence electrons. The first-order valence-corrected chi connectivity index (χ1v) is 12.0. The number of morpholine rings is 1. The van der Waals surface area contributed by atoms with Crippen molar-refractivity contribution in [2.24, 2.45) is 5.41 Å². The van der Waals surface area contributed by atoms with Gasteiger partial charge in [-0.25, -0.2) is 9.59 Å². The number of ether oxygens (including phenoxy) is 1. The summed E-state index contributed by atoms with van der Waals surface area (Å²) in [7, 11) is 0. The summed E-state index contributed by atoms with van der Waals surface area (Å²) < 4.78 is 11.7. The number of allylic oxidation sites excluding steroid dienone is 5. The van der Waals surface area contributed by atoms with Gasteiger partial charge in [0.2, 0.25) is 0 Å². The Morgan fingerprint density at radius 2 is 1.97 bits per heavy atom. The van der Waals surface area contributed by atoms with Crippen LogP contribution >= 0.6 is 0 Å². The van der Waals surface area contributed by atoms with Crippen molar-refractivity contribution in [2.75, 3.05) is 19.7 Å². The Morgan fingerprint density at radius 1 is 1.19 bits per heavy atom. The van der Waals surface area contributed by atoms with E-state index in [2.05, 4.69) is 19.2 Å². The Labute approximate surface area is 214 Å². The Bertz CT molecular complexity index is 1490. The van der Waals surface area contributed by atoms with Gasteiger partial charge < -0.3 is 19.6 Å². The molecule has 1 aliphatic carbocycles. The Morgan fingerprint density at radius 3 is 2.65 bits per heavy atom. The number of aliphatic carboxylic acids is 1. The summed E-state index contributed by atoms with van der Waals surface area (Å²) in [6, 6.07) is 9.17. The van der Waals surface area contributed by atoms with E-state index in [4.69, 9.17) is 14.3 Å². The van der Waals surface area contributed by atoms with Gasteiger partial charge in [-0.05, 0) is 53.2 Å². The van der Waals surface area contributed by atoms with E-state index in [1.165, 1.54) is 6.08 Å². The lowest BCUT2D eigenvalue weighted by Crippen LogP contribution is -2.34. The van der Waals surface area contributed by atoms with E-state index in [1.54, 1.807) is 24.3 Å². The van der Waals surface area contributed by atoms with Crippen LogP contribution in [0.3, 0.4) is 0 Å². The fourth-order valence-corrected chi connectivity index (χ4v) is 4.87. The topological polar surface area (TPSA) is 136 Å². The molecule has 1 fully saturated rings. The molecule has 2 aliphatic rings. The number of carbonyl (C=O) groups is 1. The van der Waals surface area contributed by atoms with Gasteiger partial charge in [-0.3, -0.25) is 0 Å². The van der Waals surface area contributed by atoms with Gasteiger partial charge in [-0.1, -0.05) is 38.1 Å². The van der Waals surface area contributed by atoms with Crippen LogP contribution < -0.4 is 10.9 Å². The van der Waals surface area contributed by atoms with Gasteiger partial charge in [0.05, 0.1) is 18.3 Å². The van der Waals surface area contributed by atoms with Crippen molar-refractivity contribution in [2.45, 2.75) is 32.8 Å². The number of fused-ring (bicyclic) bond motifs is 1. The van der Waals surface area contributed by atoms with E-state index in [0.717, 1.165) is 11.6 Å². The monoisotopic (exact) mass is 497 g/mol. The molecular formula is C29H27N3O5. The summed E-state index contributed by atoms with van der Waals surface area (Å²) in [5, 5.41) is 31.6. The maximum Gasteiger partial charge on any atom is 0.343 e. The van der Waals surface area contributed by atoms with Gasteiger partial charge >= 0.3 is 11.6 Å². The number of carboxylic acid groups (broad SMARTS) is 1. The van der Waals surface area contributed by atoms with Crippen molar-refractivity contribution in [1.29, 1.82) is 10.5 Å². The average Bonchev–Trinajstić information content (AvgIpc) is 2.86. The zero-order valence-electron chi connectivity index (χ0n) is 20.7. The van der Waals surface area contributed by atoms with Crippen LogP contribution in [-0.2, 0) is 9.53 Å². The third-order valence-corrected chi connectivity index (χ3v) is 6.40. The first-order valence-electron chi connectivity index (χ1n) is 12.0. The van der Waals surface area contributed by atoms with Gasteiger partial charge in [0.25, 0.3) is 0 Å². The first kappa shape index (κ1) is 25.8. The molecule has 2 aromatic rings. The number of carboxylic acids is 1. The minimum absolute atomic E-state index is 0.0963. The second-order valence-electron chi connectivity index (χ2n) is 9.90. The number of nitrogens with zero attached hydrogens (tertiary/aromatic N) is 2. The quantitative estimate of drug-likeness (QED) is 0.346. The fourth-order valence-electron chi connectivity index (χ4n) is 4.87. The molecule has 8 nitrogen and oxygen atoms in total. The summed E-state index contributed by atoms with van der Waals surface area (Å²) in [5.41, 5.74) is 2.99. The highest BCUT2D eigenvalue weighted by Crippen LogP contribution is 2.40. The van der Waals surface area contributed by atoms with E-state index < -0.39 is 11.6 Å². The normalized spacial score (nSPS) is 19.5. The maximum absolute atomic E-state index is 13.2. The molecule has 8 heteroatoms. The lowest BCUT2D eigenvalue weighted by molar-refractivity contribution is -0.131. The van der Waals surface area contributed by atoms with Crippen LogP contribution in [-0.4, -0.2) is 30.8 Å². The first-order chi connectivity index (χ1) is 17.7. The summed E-state index contributed by atoms with van der Waals surface area (Å²) in [6.45, 7) is 5.88. The molecule has 1 saturated heterocycles. The van der Waals surface area contributed by atoms with Crippen molar-refractivity contribution in [1.82, 2.24) is 5.32 Å². The van der Waals surface area contributed by atoms with E-state index in [0.29, 0.717) is 65.8 Å². The van der Waals surface area contributed by atoms with Crippen LogP contribution in [0.2, 0.25) is 0 Å². The summed E-state index contributed by atoms with van der Waals surface area (Å²) >= 11 is 0. The number of hydrogen-bond acceptors (Lipinski definition) is 7. The van der Waals surface area contributed by atoms with E-state index >= 15 is 0 Å². The third-order valence-electron chi connectivity index (χ3n) is 6.40. The highest BCUT2D eigenvalue weighted by atomic mass is 16.5. The van der Waals surface area contributed by atoms with Crippen LogP contribution in [0.15, 0.2) is 62.4 Å². The lowest BCUT2D eigenvalue weighted by Gasteiger charge is -2.30. The van der Waals surface area contributed by atoms with Crippen molar-refractivity contribution in [3.63, 3.8) is 0 Å². The third kappa shape index (κ3) is 5.95. The van der Waals surface area contributed by atoms with E-state index in [1.807, 2.05) is 24.3 Å². The number of nitrogens with one attached hydrogen (secondary N) is 1. The molecule has 1 atom stereocenters. The van der Waals surface area contributed by atoms with Gasteiger partial charge in [0, 0.05) is 30.1 Å². The molecule has 1 unspecified atom stereocenters. The van der Waals surface area contributed by atoms with Gasteiger partial charge in [-0.15, -0.1) is 0 Å². The predicted molar refractivity (Wildman–Crippen MR) is 139 cm³/mol. The molecular weight excluding hydrogens is 470 g/mol. The second-order valence-corrected chi connectivity index (χ2v) is 9.90. The van der Waals surface area contributed by atoms with Gasteiger partial charge in [-0.2, -0.15) is 10.5 Å². The Balaban J connectivity index is 1.84. The number of nitriles is 2. The predicted octanol–water partition coefficient (Wildman–Crippen LogP) is 4.66. The standard InChI is InChI=1S/C29H27N3O5/c1-29(2)13-19(11-20(14-29)21(15-30)16-31)4-7-23-27(25-17-32-9-10-36-25)22-6-3-18(5-8-26(33)34)12-24(22)37-28(23)35/h3-8,11-12,25,32H,9-10,13-14,17H2,1-2H3,(H,33,34). The highest BCUT2D eigenvalue weighted by molar-refractivity contribution is 5.89. The molecule has 2 heterocycles. The van der Waals surface area contributed by atoms with Crippen molar-refractivity contribution in [3.8, 4) is 12.1 Å². The molecule has 0 bridgehead atoms. The van der Waals surface area contributed by atoms with Crippen LogP contribution in [0.4, 0.5) is 0 Å². The van der Waals surface area contributed by atoms with Crippen LogP contribution in [0.5, 0.6) is 0 Å². The zero-order valence-corrected chi connectivity index (χ0v) is 20.7. The van der Waals surface area contributed by atoms with Crippen molar-refractivity contribution >= 4 is 29.1 Å². The smallest absolute Gasteiger partial charge is 0.343 e. The molecule has 4 rings (SSSR count). The largest absolute Gasteiger partial charge is 0.478 e. The molecule has 1 aliphatic heterocycles. The number of hydrogen-bond donors (Lipinski definition) is 2. The molecule has 0 amide bonds. The minimum Gasteiger partial charge on any atom is -0.478 e.